The van der Waals surface area contributed by atoms with Crippen LogP contribution in [-0.4, -0.2) is 31.6 Å². The number of fused-ring (bicyclic) bond motifs is 1. The summed E-state index contributed by atoms with van der Waals surface area (Å²) in [5.74, 6) is 1.21. The summed E-state index contributed by atoms with van der Waals surface area (Å²) in [5.41, 5.74) is 3.48. The Labute approximate surface area is 187 Å². The standard InChI is InChI=1S/C26H26N2O4/c1-19-8-11-22(12-9-19)31-15-5-14-28-23-13-10-21(17-24(23)32-18-26(28)30)27-25(29)16-20-6-3-2-4-7-20/h2-4,6-13,17H,5,14-16,18H2,1H3,(H,27,29). The Balaban J connectivity index is 1.34. The van der Waals surface area contributed by atoms with Gasteiger partial charge >= 0.3 is 0 Å². The molecule has 0 radical (unpaired) electrons. The van der Waals surface area contributed by atoms with E-state index in [1.54, 1.807) is 17.0 Å². The van der Waals surface area contributed by atoms with E-state index in [-0.39, 0.29) is 18.4 Å². The van der Waals surface area contributed by atoms with Gasteiger partial charge in [-0.2, -0.15) is 0 Å². The van der Waals surface area contributed by atoms with Crippen molar-refractivity contribution in [3.8, 4) is 11.5 Å². The normalized spacial score (nSPS) is 12.7. The van der Waals surface area contributed by atoms with Crippen LogP contribution in [0.4, 0.5) is 11.4 Å². The molecule has 1 aliphatic rings. The highest BCUT2D eigenvalue weighted by Crippen LogP contribution is 2.34. The Bertz CT molecular complexity index is 1080. The van der Waals surface area contributed by atoms with E-state index in [1.807, 2.05) is 67.6 Å². The molecule has 164 valence electrons. The Morgan fingerprint density at radius 1 is 1.06 bits per heavy atom. The number of ether oxygens (including phenoxy) is 2. The first-order valence-electron chi connectivity index (χ1n) is 10.7. The Kier molecular flexibility index (Phi) is 6.70. The molecule has 1 N–H and O–H groups in total. The van der Waals surface area contributed by atoms with Gasteiger partial charge in [0.25, 0.3) is 5.91 Å². The molecule has 2 amide bonds. The Morgan fingerprint density at radius 3 is 2.62 bits per heavy atom. The number of amides is 2. The molecule has 6 nitrogen and oxygen atoms in total. The Morgan fingerprint density at radius 2 is 1.84 bits per heavy atom. The quantitative estimate of drug-likeness (QED) is 0.539. The molecule has 0 spiro atoms. The van der Waals surface area contributed by atoms with E-state index in [0.29, 0.717) is 43.1 Å². The van der Waals surface area contributed by atoms with Crippen molar-refractivity contribution >= 4 is 23.2 Å². The summed E-state index contributed by atoms with van der Waals surface area (Å²) in [7, 11) is 0. The van der Waals surface area contributed by atoms with Gasteiger partial charge in [0.2, 0.25) is 5.91 Å². The van der Waals surface area contributed by atoms with Crippen LogP contribution in [0.3, 0.4) is 0 Å². The number of anilines is 2. The van der Waals surface area contributed by atoms with E-state index in [4.69, 9.17) is 9.47 Å². The Hall–Kier alpha value is -3.80. The van der Waals surface area contributed by atoms with Gasteiger partial charge in [0.1, 0.15) is 11.5 Å². The molecule has 0 saturated heterocycles. The monoisotopic (exact) mass is 430 g/mol. The van der Waals surface area contributed by atoms with E-state index in [0.717, 1.165) is 11.3 Å². The van der Waals surface area contributed by atoms with Crippen molar-refractivity contribution in [1.82, 2.24) is 0 Å². The van der Waals surface area contributed by atoms with Crippen LogP contribution in [0.25, 0.3) is 0 Å². The maximum absolute atomic E-state index is 12.4. The average molecular weight is 431 g/mol. The lowest BCUT2D eigenvalue weighted by Crippen LogP contribution is -2.39. The molecule has 0 aliphatic carbocycles. The third-order valence-electron chi connectivity index (χ3n) is 5.21. The summed E-state index contributed by atoms with van der Waals surface area (Å²) < 4.78 is 11.4. The highest BCUT2D eigenvalue weighted by Gasteiger charge is 2.25. The topological polar surface area (TPSA) is 67.9 Å². The molecule has 4 rings (SSSR count). The molecule has 3 aromatic rings. The van der Waals surface area contributed by atoms with Gasteiger partial charge in [-0.1, -0.05) is 48.0 Å². The first-order valence-corrected chi connectivity index (χ1v) is 10.7. The van der Waals surface area contributed by atoms with Gasteiger partial charge in [-0.05, 0) is 43.2 Å². The van der Waals surface area contributed by atoms with Crippen molar-refractivity contribution in [2.24, 2.45) is 0 Å². The maximum Gasteiger partial charge on any atom is 0.265 e. The van der Waals surface area contributed by atoms with Crippen LogP contribution >= 0.6 is 0 Å². The number of hydrogen-bond donors (Lipinski definition) is 1. The number of rotatable bonds is 8. The third kappa shape index (κ3) is 5.46. The second-order valence-electron chi connectivity index (χ2n) is 7.74. The van der Waals surface area contributed by atoms with Crippen molar-refractivity contribution in [2.45, 2.75) is 19.8 Å². The van der Waals surface area contributed by atoms with Crippen LogP contribution in [0.2, 0.25) is 0 Å². The van der Waals surface area contributed by atoms with Crippen molar-refractivity contribution in [2.75, 3.05) is 30.0 Å². The lowest BCUT2D eigenvalue weighted by Gasteiger charge is -2.29. The molecule has 1 aliphatic heterocycles. The summed E-state index contributed by atoms with van der Waals surface area (Å²) in [5, 5.41) is 2.90. The van der Waals surface area contributed by atoms with E-state index in [1.165, 1.54) is 5.56 Å². The molecular formula is C26H26N2O4. The second kappa shape index (κ2) is 10.0. The van der Waals surface area contributed by atoms with Crippen LogP contribution in [0.1, 0.15) is 17.5 Å². The molecule has 6 heteroatoms. The molecule has 0 bridgehead atoms. The summed E-state index contributed by atoms with van der Waals surface area (Å²) >= 11 is 0. The predicted molar refractivity (Wildman–Crippen MR) is 124 cm³/mol. The minimum Gasteiger partial charge on any atom is -0.494 e. The van der Waals surface area contributed by atoms with Crippen LogP contribution in [0.15, 0.2) is 72.8 Å². The van der Waals surface area contributed by atoms with Crippen molar-refractivity contribution < 1.29 is 19.1 Å². The van der Waals surface area contributed by atoms with E-state index in [2.05, 4.69) is 5.32 Å². The van der Waals surface area contributed by atoms with Crippen molar-refractivity contribution in [1.29, 1.82) is 0 Å². The van der Waals surface area contributed by atoms with E-state index < -0.39 is 0 Å². The molecular weight excluding hydrogens is 404 g/mol. The zero-order valence-corrected chi connectivity index (χ0v) is 18.0. The van der Waals surface area contributed by atoms with E-state index >= 15 is 0 Å². The number of nitrogens with one attached hydrogen (secondary N) is 1. The molecule has 32 heavy (non-hydrogen) atoms. The van der Waals surface area contributed by atoms with Gasteiger partial charge in [-0.25, -0.2) is 0 Å². The number of carbonyl (C=O) groups excluding carboxylic acids is 2. The predicted octanol–water partition coefficient (Wildman–Crippen LogP) is 4.37. The minimum absolute atomic E-state index is 0.0206. The number of benzene rings is 3. The highest BCUT2D eigenvalue weighted by atomic mass is 16.5. The zero-order valence-electron chi connectivity index (χ0n) is 18.0. The maximum atomic E-state index is 12.4. The van der Waals surface area contributed by atoms with Crippen LogP contribution in [0.5, 0.6) is 11.5 Å². The summed E-state index contributed by atoms with van der Waals surface area (Å²) in [6.45, 7) is 3.05. The highest BCUT2D eigenvalue weighted by molar-refractivity contribution is 5.99. The largest absolute Gasteiger partial charge is 0.494 e. The van der Waals surface area contributed by atoms with Gasteiger partial charge < -0.3 is 19.7 Å². The lowest BCUT2D eigenvalue weighted by atomic mass is 10.1. The average Bonchev–Trinajstić information content (AvgIpc) is 2.79. The number of aryl methyl sites for hydroxylation is 1. The SMILES string of the molecule is Cc1ccc(OCCCN2C(=O)COc3cc(NC(=O)Cc4ccccc4)ccc32)cc1. The first-order chi connectivity index (χ1) is 15.6. The zero-order chi connectivity index (χ0) is 22.3. The van der Waals surface area contributed by atoms with Gasteiger partial charge in [0.05, 0.1) is 18.7 Å². The smallest absolute Gasteiger partial charge is 0.265 e. The minimum atomic E-state index is -0.104. The van der Waals surface area contributed by atoms with Gasteiger partial charge in [0.15, 0.2) is 6.61 Å². The lowest BCUT2D eigenvalue weighted by molar-refractivity contribution is -0.121. The van der Waals surface area contributed by atoms with Gasteiger partial charge in [-0.15, -0.1) is 0 Å². The second-order valence-corrected chi connectivity index (χ2v) is 7.74. The van der Waals surface area contributed by atoms with Crippen molar-refractivity contribution in [3.05, 3.63) is 83.9 Å². The fourth-order valence-electron chi connectivity index (χ4n) is 3.56. The van der Waals surface area contributed by atoms with E-state index in [9.17, 15) is 9.59 Å². The molecule has 0 aromatic heterocycles. The van der Waals surface area contributed by atoms with Gasteiger partial charge in [0, 0.05) is 18.3 Å². The fourth-order valence-corrected chi connectivity index (χ4v) is 3.56. The molecule has 0 unspecified atom stereocenters. The fraction of sp³-hybridized carbons (Fsp3) is 0.231. The van der Waals surface area contributed by atoms with Crippen LogP contribution < -0.4 is 19.7 Å². The summed E-state index contributed by atoms with van der Waals surface area (Å²) in [6, 6.07) is 22.8. The van der Waals surface area contributed by atoms with Gasteiger partial charge in [-0.3, -0.25) is 9.59 Å². The van der Waals surface area contributed by atoms with Crippen LogP contribution in [0, 0.1) is 6.92 Å². The third-order valence-corrected chi connectivity index (χ3v) is 5.21. The number of nitrogens with zero attached hydrogens (tertiary/aromatic N) is 1. The molecule has 0 saturated carbocycles. The summed E-state index contributed by atoms with van der Waals surface area (Å²) in [4.78, 5) is 26.5. The molecule has 3 aromatic carbocycles. The number of carbonyl (C=O) groups is 2. The summed E-state index contributed by atoms with van der Waals surface area (Å²) in [6.07, 6.45) is 0.985. The number of hydrogen-bond acceptors (Lipinski definition) is 4. The van der Waals surface area contributed by atoms with Crippen molar-refractivity contribution in [3.63, 3.8) is 0 Å². The van der Waals surface area contributed by atoms with Crippen LogP contribution in [-0.2, 0) is 16.0 Å². The molecule has 1 heterocycles. The first kappa shape index (κ1) is 21.4. The molecule has 0 atom stereocenters. The molecule has 0 fully saturated rings.